The molecule has 2 aromatic carbocycles. The van der Waals surface area contributed by atoms with E-state index >= 15 is 0 Å². The molecule has 1 fully saturated rings. The van der Waals surface area contributed by atoms with E-state index in [1.54, 1.807) is 6.20 Å². The van der Waals surface area contributed by atoms with Crippen LogP contribution in [0.5, 0.6) is 0 Å². The molecule has 29 heavy (non-hydrogen) atoms. The molecule has 0 radical (unpaired) electrons. The highest BCUT2D eigenvalue weighted by Crippen LogP contribution is 2.33. The molecule has 0 aliphatic carbocycles. The molecule has 0 bridgehead atoms. The van der Waals surface area contributed by atoms with E-state index in [0.29, 0.717) is 5.56 Å². The normalized spacial score (nSPS) is 14.6. The summed E-state index contributed by atoms with van der Waals surface area (Å²) in [5.74, 6) is 0.0560. The Kier molecular flexibility index (Phi) is 5.44. The summed E-state index contributed by atoms with van der Waals surface area (Å²) in [6.07, 6.45) is 4.13. The molecule has 1 aliphatic rings. The molecule has 3 aromatic rings. The van der Waals surface area contributed by atoms with Crippen LogP contribution in [0.2, 0.25) is 0 Å². The molecule has 2 heterocycles. The van der Waals surface area contributed by atoms with Gasteiger partial charge in [-0.25, -0.2) is 0 Å². The van der Waals surface area contributed by atoms with Crippen LogP contribution in [0.25, 0.3) is 10.9 Å². The SMILES string of the molecule is CCc1ccc2ncc(C#N)c(N3CCC(C(=O)Nc4ccccc4)CC3)c2c1. The fourth-order valence-corrected chi connectivity index (χ4v) is 4.00. The second-order valence-corrected chi connectivity index (χ2v) is 7.45. The predicted molar refractivity (Wildman–Crippen MR) is 116 cm³/mol. The fraction of sp³-hybridized carbons (Fsp3) is 0.292. The molecule has 1 aliphatic heterocycles. The number of fused-ring (bicyclic) bond motifs is 1. The van der Waals surface area contributed by atoms with E-state index in [9.17, 15) is 10.1 Å². The first-order valence-electron chi connectivity index (χ1n) is 10.1. The number of carbonyl (C=O) groups excluding carboxylic acids is 1. The number of rotatable bonds is 4. The number of pyridine rings is 1. The Bertz CT molecular complexity index is 1060. The Morgan fingerprint density at radius 2 is 1.97 bits per heavy atom. The highest BCUT2D eigenvalue weighted by molar-refractivity contribution is 5.96. The van der Waals surface area contributed by atoms with Crippen molar-refractivity contribution in [3.63, 3.8) is 0 Å². The predicted octanol–water partition coefficient (Wildman–Crippen LogP) is 4.52. The number of hydrogen-bond donors (Lipinski definition) is 1. The molecule has 1 saturated heterocycles. The van der Waals surface area contributed by atoms with Gasteiger partial charge in [0.05, 0.1) is 16.8 Å². The van der Waals surface area contributed by atoms with E-state index in [4.69, 9.17) is 0 Å². The minimum Gasteiger partial charge on any atom is -0.370 e. The summed E-state index contributed by atoms with van der Waals surface area (Å²) in [7, 11) is 0. The van der Waals surface area contributed by atoms with Gasteiger partial charge in [0, 0.05) is 36.3 Å². The standard InChI is InChI=1S/C24H24N4O/c1-2-17-8-9-22-21(14-17)23(19(15-25)16-26-22)28-12-10-18(11-13-28)24(29)27-20-6-4-3-5-7-20/h3-9,14,16,18H,2,10-13H2,1H3,(H,27,29). The third-order valence-electron chi connectivity index (χ3n) is 5.66. The lowest BCUT2D eigenvalue weighted by Crippen LogP contribution is -2.38. The second-order valence-electron chi connectivity index (χ2n) is 7.45. The van der Waals surface area contributed by atoms with E-state index in [1.807, 2.05) is 36.4 Å². The maximum absolute atomic E-state index is 12.6. The monoisotopic (exact) mass is 384 g/mol. The van der Waals surface area contributed by atoms with Gasteiger partial charge >= 0.3 is 0 Å². The molecule has 0 saturated carbocycles. The summed E-state index contributed by atoms with van der Waals surface area (Å²) in [6.45, 7) is 3.62. The number of carbonyl (C=O) groups is 1. The lowest BCUT2D eigenvalue weighted by Gasteiger charge is -2.34. The smallest absolute Gasteiger partial charge is 0.227 e. The Labute approximate surface area is 171 Å². The third-order valence-corrected chi connectivity index (χ3v) is 5.66. The Morgan fingerprint density at radius 1 is 1.21 bits per heavy atom. The molecule has 5 heteroatoms. The van der Waals surface area contributed by atoms with Gasteiger partial charge in [-0.05, 0) is 49.1 Å². The van der Waals surface area contributed by atoms with E-state index in [2.05, 4.69) is 40.3 Å². The van der Waals surface area contributed by atoms with Crippen LogP contribution in [0.1, 0.15) is 30.9 Å². The second kappa shape index (κ2) is 8.32. The van der Waals surface area contributed by atoms with Gasteiger partial charge in [-0.15, -0.1) is 0 Å². The maximum atomic E-state index is 12.6. The molecule has 1 N–H and O–H groups in total. The zero-order valence-electron chi connectivity index (χ0n) is 16.6. The van der Waals surface area contributed by atoms with Crippen LogP contribution in [0, 0.1) is 17.2 Å². The van der Waals surface area contributed by atoms with Crippen LogP contribution in [0.15, 0.2) is 54.7 Å². The first-order chi connectivity index (χ1) is 14.2. The average Bonchev–Trinajstić information content (AvgIpc) is 2.78. The Morgan fingerprint density at radius 3 is 2.66 bits per heavy atom. The highest BCUT2D eigenvalue weighted by Gasteiger charge is 2.27. The number of benzene rings is 2. The van der Waals surface area contributed by atoms with Crippen molar-refractivity contribution in [1.82, 2.24) is 4.98 Å². The third kappa shape index (κ3) is 3.93. The number of aryl methyl sites for hydroxylation is 1. The first-order valence-corrected chi connectivity index (χ1v) is 10.1. The Balaban J connectivity index is 1.54. The molecular weight excluding hydrogens is 360 g/mol. The number of amides is 1. The molecule has 0 spiro atoms. The maximum Gasteiger partial charge on any atom is 0.227 e. The topological polar surface area (TPSA) is 69.0 Å². The number of aromatic nitrogens is 1. The minimum atomic E-state index is -0.0173. The summed E-state index contributed by atoms with van der Waals surface area (Å²) in [4.78, 5) is 19.3. The number of hydrogen-bond acceptors (Lipinski definition) is 4. The molecule has 1 amide bonds. The Hall–Kier alpha value is -3.39. The lowest BCUT2D eigenvalue weighted by molar-refractivity contribution is -0.120. The average molecular weight is 384 g/mol. The first kappa shape index (κ1) is 18.9. The minimum absolute atomic E-state index is 0.0173. The zero-order chi connectivity index (χ0) is 20.2. The quantitative estimate of drug-likeness (QED) is 0.718. The number of nitrogens with zero attached hydrogens (tertiary/aromatic N) is 3. The van der Waals surface area contributed by atoms with Crippen LogP contribution < -0.4 is 10.2 Å². The van der Waals surface area contributed by atoms with Gasteiger partial charge in [0.25, 0.3) is 0 Å². The fourth-order valence-electron chi connectivity index (χ4n) is 4.00. The van der Waals surface area contributed by atoms with Gasteiger partial charge in [0.15, 0.2) is 0 Å². The van der Waals surface area contributed by atoms with Crippen LogP contribution in [-0.2, 0) is 11.2 Å². The van der Waals surface area contributed by atoms with Crippen molar-refractivity contribution >= 4 is 28.2 Å². The molecule has 5 nitrogen and oxygen atoms in total. The van der Waals surface area contributed by atoms with Crippen molar-refractivity contribution in [2.75, 3.05) is 23.3 Å². The van der Waals surface area contributed by atoms with Gasteiger partial charge in [-0.3, -0.25) is 9.78 Å². The van der Waals surface area contributed by atoms with Crippen LogP contribution in [-0.4, -0.2) is 24.0 Å². The summed E-state index contributed by atoms with van der Waals surface area (Å²) in [5.41, 5.74) is 4.51. The molecule has 4 rings (SSSR count). The van der Waals surface area contributed by atoms with Crippen molar-refractivity contribution in [2.24, 2.45) is 5.92 Å². The number of anilines is 2. The molecule has 1 aromatic heterocycles. The van der Waals surface area contributed by atoms with E-state index < -0.39 is 0 Å². The van der Waals surface area contributed by atoms with Gasteiger partial charge in [0.1, 0.15) is 6.07 Å². The van der Waals surface area contributed by atoms with Crippen LogP contribution in [0.3, 0.4) is 0 Å². The number of para-hydroxylation sites is 1. The van der Waals surface area contributed by atoms with Gasteiger partial charge in [-0.1, -0.05) is 31.2 Å². The number of piperidine rings is 1. The van der Waals surface area contributed by atoms with Gasteiger partial charge in [-0.2, -0.15) is 5.26 Å². The summed E-state index contributed by atoms with van der Waals surface area (Å²) in [6, 6.07) is 18.1. The van der Waals surface area contributed by atoms with E-state index in [1.165, 1.54) is 5.56 Å². The van der Waals surface area contributed by atoms with Crippen molar-refractivity contribution in [3.8, 4) is 6.07 Å². The summed E-state index contributed by atoms with van der Waals surface area (Å²) in [5, 5.41) is 13.7. The van der Waals surface area contributed by atoms with E-state index in [0.717, 1.165) is 54.6 Å². The highest BCUT2D eigenvalue weighted by atomic mass is 16.1. The van der Waals surface area contributed by atoms with Crippen molar-refractivity contribution in [3.05, 3.63) is 65.9 Å². The lowest BCUT2D eigenvalue weighted by atomic mass is 9.94. The zero-order valence-corrected chi connectivity index (χ0v) is 16.6. The molecule has 0 atom stereocenters. The summed E-state index contributed by atoms with van der Waals surface area (Å²) < 4.78 is 0. The number of nitriles is 1. The van der Waals surface area contributed by atoms with E-state index in [-0.39, 0.29) is 11.8 Å². The molecular formula is C24H24N4O. The van der Waals surface area contributed by atoms with Crippen LogP contribution in [0.4, 0.5) is 11.4 Å². The van der Waals surface area contributed by atoms with Crippen LogP contribution >= 0.6 is 0 Å². The molecule has 146 valence electrons. The van der Waals surface area contributed by atoms with Crippen molar-refractivity contribution < 1.29 is 4.79 Å². The largest absolute Gasteiger partial charge is 0.370 e. The summed E-state index contributed by atoms with van der Waals surface area (Å²) >= 11 is 0. The van der Waals surface area contributed by atoms with Crippen molar-refractivity contribution in [1.29, 1.82) is 5.26 Å². The van der Waals surface area contributed by atoms with Gasteiger partial charge < -0.3 is 10.2 Å². The number of nitrogens with one attached hydrogen (secondary N) is 1. The molecule has 0 unspecified atom stereocenters. The van der Waals surface area contributed by atoms with Crippen molar-refractivity contribution in [2.45, 2.75) is 26.2 Å². The van der Waals surface area contributed by atoms with Gasteiger partial charge in [0.2, 0.25) is 5.91 Å².